The maximum atomic E-state index is 11.6. The number of anilines is 1. The first kappa shape index (κ1) is 12.2. The fourth-order valence-corrected chi connectivity index (χ4v) is 1.50. The van der Waals surface area contributed by atoms with Gasteiger partial charge in [0.1, 0.15) is 6.33 Å². The number of para-hydroxylation sites is 2. The van der Waals surface area contributed by atoms with Gasteiger partial charge in [-0.05, 0) is 29.0 Å². The molecule has 94 valence electrons. The number of aliphatic hydroxyl groups is 1. The zero-order valence-electron chi connectivity index (χ0n) is 9.65. The monoisotopic (exact) mass is 247 g/mol. The van der Waals surface area contributed by atoms with Crippen molar-refractivity contribution in [3.8, 4) is 5.69 Å². The molecule has 7 nitrogen and oxygen atoms in total. The molecule has 2 aromatic rings. The van der Waals surface area contributed by atoms with Crippen LogP contribution < -0.4 is 5.32 Å². The van der Waals surface area contributed by atoms with Crippen LogP contribution in [0, 0.1) is 0 Å². The Morgan fingerprint density at radius 2 is 2.22 bits per heavy atom. The van der Waals surface area contributed by atoms with Crippen molar-refractivity contribution in [1.29, 1.82) is 0 Å². The lowest BCUT2D eigenvalue weighted by atomic mass is 10.2. The number of tetrazole rings is 1. The average molecular weight is 247 g/mol. The highest BCUT2D eigenvalue weighted by Gasteiger charge is 2.08. The number of benzene rings is 1. The quantitative estimate of drug-likeness (QED) is 0.796. The van der Waals surface area contributed by atoms with Crippen LogP contribution in [0.1, 0.15) is 12.8 Å². The first-order chi connectivity index (χ1) is 8.81. The smallest absolute Gasteiger partial charge is 0.224 e. The molecule has 1 heterocycles. The van der Waals surface area contributed by atoms with Gasteiger partial charge in [0.2, 0.25) is 5.91 Å². The summed E-state index contributed by atoms with van der Waals surface area (Å²) >= 11 is 0. The Morgan fingerprint density at radius 1 is 1.39 bits per heavy atom. The topological polar surface area (TPSA) is 92.9 Å². The third-order valence-electron chi connectivity index (χ3n) is 2.34. The average Bonchev–Trinajstić information content (AvgIpc) is 2.91. The number of aromatic nitrogens is 4. The van der Waals surface area contributed by atoms with Gasteiger partial charge in [-0.1, -0.05) is 12.1 Å². The Kier molecular flexibility index (Phi) is 3.98. The van der Waals surface area contributed by atoms with Crippen LogP contribution in [0.5, 0.6) is 0 Å². The predicted octanol–water partition coefficient (Wildman–Crippen LogP) is 0.373. The third kappa shape index (κ3) is 2.89. The molecule has 0 spiro atoms. The van der Waals surface area contributed by atoms with Crippen LogP contribution in [-0.2, 0) is 4.79 Å². The molecule has 7 heteroatoms. The Bertz CT molecular complexity index is 512. The highest BCUT2D eigenvalue weighted by molar-refractivity contribution is 5.92. The number of rotatable bonds is 5. The first-order valence-corrected chi connectivity index (χ1v) is 5.54. The summed E-state index contributed by atoms with van der Waals surface area (Å²) in [4.78, 5) is 11.6. The van der Waals surface area contributed by atoms with E-state index < -0.39 is 0 Å². The molecule has 0 atom stereocenters. The second-order valence-electron chi connectivity index (χ2n) is 3.65. The minimum Gasteiger partial charge on any atom is -0.396 e. The van der Waals surface area contributed by atoms with Crippen LogP contribution in [0.15, 0.2) is 30.6 Å². The zero-order chi connectivity index (χ0) is 12.8. The molecule has 0 radical (unpaired) electrons. The van der Waals surface area contributed by atoms with Gasteiger partial charge in [-0.15, -0.1) is 5.10 Å². The van der Waals surface area contributed by atoms with E-state index in [-0.39, 0.29) is 18.9 Å². The predicted molar refractivity (Wildman–Crippen MR) is 64.1 cm³/mol. The van der Waals surface area contributed by atoms with E-state index in [2.05, 4.69) is 20.8 Å². The van der Waals surface area contributed by atoms with E-state index in [0.717, 1.165) is 0 Å². The van der Waals surface area contributed by atoms with Crippen molar-refractivity contribution in [1.82, 2.24) is 20.2 Å². The van der Waals surface area contributed by atoms with Gasteiger partial charge >= 0.3 is 0 Å². The van der Waals surface area contributed by atoms with Crippen molar-refractivity contribution >= 4 is 11.6 Å². The molecule has 0 unspecified atom stereocenters. The maximum Gasteiger partial charge on any atom is 0.224 e. The van der Waals surface area contributed by atoms with Crippen LogP contribution in [0.4, 0.5) is 5.69 Å². The molecule has 2 N–H and O–H groups in total. The normalized spacial score (nSPS) is 10.3. The summed E-state index contributed by atoms with van der Waals surface area (Å²) in [6.07, 6.45) is 2.18. The Balaban J connectivity index is 2.16. The van der Waals surface area contributed by atoms with E-state index in [4.69, 9.17) is 5.11 Å². The first-order valence-electron chi connectivity index (χ1n) is 5.54. The van der Waals surface area contributed by atoms with Crippen molar-refractivity contribution in [3.05, 3.63) is 30.6 Å². The SMILES string of the molecule is O=C(CCCO)Nc1ccccc1-n1cnnn1. The third-order valence-corrected chi connectivity index (χ3v) is 2.34. The van der Waals surface area contributed by atoms with Crippen LogP contribution >= 0.6 is 0 Å². The molecule has 0 aliphatic carbocycles. The lowest BCUT2D eigenvalue weighted by molar-refractivity contribution is -0.116. The number of hydrogen-bond donors (Lipinski definition) is 2. The molecular weight excluding hydrogens is 234 g/mol. The number of carbonyl (C=O) groups excluding carboxylic acids is 1. The van der Waals surface area contributed by atoms with Crippen LogP contribution in [-0.4, -0.2) is 37.8 Å². The van der Waals surface area contributed by atoms with E-state index in [1.54, 1.807) is 12.1 Å². The van der Waals surface area contributed by atoms with Crippen molar-refractivity contribution in [2.45, 2.75) is 12.8 Å². The number of hydrogen-bond acceptors (Lipinski definition) is 5. The number of carbonyl (C=O) groups is 1. The lowest BCUT2D eigenvalue weighted by Crippen LogP contribution is -2.14. The van der Waals surface area contributed by atoms with E-state index in [9.17, 15) is 4.79 Å². The number of nitrogens with one attached hydrogen (secondary N) is 1. The van der Waals surface area contributed by atoms with E-state index in [1.807, 2.05) is 12.1 Å². The van der Waals surface area contributed by atoms with Crippen LogP contribution in [0.3, 0.4) is 0 Å². The summed E-state index contributed by atoms with van der Waals surface area (Å²) in [6.45, 7) is 0.00205. The molecule has 18 heavy (non-hydrogen) atoms. The molecule has 0 bridgehead atoms. The van der Waals surface area contributed by atoms with Crippen molar-refractivity contribution in [3.63, 3.8) is 0 Å². The van der Waals surface area contributed by atoms with E-state index in [0.29, 0.717) is 17.8 Å². The molecule has 1 aromatic heterocycles. The van der Waals surface area contributed by atoms with Crippen molar-refractivity contribution in [2.75, 3.05) is 11.9 Å². The second-order valence-corrected chi connectivity index (χ2v) is 3.65. The van der Waals surface area contributed by atoms with Crippen LogP contribution in [0.2, 0.25) is 0 Å². The van der Waals surface area contributed by atoms with Crippen LogP contribution in [0.25, 0.3) is 5.69 Å². The highest BCUT2D eigenvalue weighted by Crippen LogP contribution is 2.18. The Labute approximate surface area is 103 Å². The van der Waals surface area contributed by atoms with Gasteiger partial charge in [-0.3, -0.25) is 4.79 Å². The van der Waals surface area contributed by atoms with Gasteiger partial charge < -0.3 is 10.4 Å². The second kappa shape index (κ2) is 5.87. The van der Waals surface area contributed by atoms with Crippen molar-refractivity contribution in [2.24, 2.45) is 0 Å². The summed E-state index contributed by atoms with van der Waals surface area (Å²) in [5, 5.41) is 22.3. The molecule has 0 fully saturated rings. The highest BCUT2D eigenvalue weighted by atomic mass is 16.3. The van der Waals surface area contributed by atoms with Gasteiger partial charge in [0, 0.05) is 13.0 Å². The molecular formula is C11H13N5O2. The minimum absolute atomic E-state index is 0.00205. The van der Waals surface area contributed by atoms with Crippen molar-refractivity contribution < 1.29 is 9.90 Å². The lowest BCUT2D eigenvalue weighted by Gasteiger charge is -2.09. The standard InChI is InChI=1S/C11H13N5O2/c17-7-3-6-11(18)13-9-4-1-2-5-10(9)16-8-12-14-15-16/h1-2,4-5,8,17H,3,6-7H2,(H,13,18). The summed E-state index contributed by atoms with van der Waals surface area (Å²) in [7, 11) is 0. The molecule has 2 rings (SSSR count). The fraction of sp³-hybridized carbons (Fsp3) is 0.273. The molecule has 0 saturated carbocycles. The number of aliphatic hydroxyl groups excluding tert-OH is 1. The van der Waals surface area contributed by atoms with Gasteiger partial charge in [-0.25, -0.2) is 0 Å². The minimum atomic E-state index is -0.149. The van der Waals surface area contributed by atoms with E-state index in [1.165, 1.54) is 11.0 Å². The molecule has 0 aliphatic rings. The Hall–Kier alpha value is -2.28. The number of nitrogens with zero attached hydrogens (tertiary/aromatic N) is 4. The van der Waals surface area contributed by atoms with Gasteiger partial charge in [0.05, 0.1) is 11.4 Å². The number of amides is 1. The maximum absolute atomic E-state index is 11.6. The molecule has 1 amide bonds. The largest absolute Gasteiger partial charge is 0.396 e. The summed E-state index contributed by atoms with van der Waals surface area (Å²) in [5.41, 5.74) is 1.33. The van der Waals surface area contributed by atoms with Gasteiger partial charge in [-0.2, -0.15) is 4.68 Å². The van der Waals surface area contributed by atoms with Gasteiger partial charge in [0.15, 0.2) is 0 Å². The Morgan fingerprint density at radius 3 is 2.94 bits per heavy atom. The van der Waals surface area contributed by atoms with E-state index >= 15 is 0 Å². The van der Waals surface area contributed by atoms with Gasteiger partial charge in [0.25, 0.3) is 0 Å². The molecule has 1 aromatic carbocycles. The summed E-state index contributed by atoms with van der Waals surface area (Å²) < 4.78 is 1.47. The molecule has 0 aliphatic heterocycles. The molecule has 0 saturated heterocycles. The summed E-state index contributed by atoms with van der Waals surface area (Å²) in [5.74, 6) is -0.149. The zero-order valence-corrected chi connectivity index (χ0v) is 9.65. The summed E-state index contributed by atoms with van der Waals surface area (Å²) in [6, 6.07) is 7.22. The fourth-order valence-electron chi connectivity index (χ4n) is 1.50.